The number of carbonyl (C=O) groups excluding carboxylic acids is 1. The van der Waals surface area contributed by atoms with Crippen LogP contribution in [0.25, 0.3) is 27.1 Å². The molecule has 3 atom stereocenters. The van der Waals surface area contributed by atoms with Gasteiger partial charge in [0, 0.05) is 34.9 Å². The number of fused-ring (bicyclic) bond motifs is 3. The molecule has 0 spiro atoms. The first-order valence-electron chi connectivity index (χ1n) is 17.0. The lowest BCUT2D eigenvalue weighted by molar-refractivity contribution is -0.143. The van der Waals surface area contributed by atoms with Crippen molar-refractivity contribution >= 4 is 38.4 Å². The Morgan fingerprint density at radius 1 is 1.11 bits per heavy atom. The Morgan fingerprint density at radius 3 is 2.49 bits per heavy atom. The summed E-state index contributed by atoms with van der Waals surface area (Å²) in [6, 6.07) is 6.23. The average Bonchev–Trinajstić information content (AvgIpc) is 3.82. The van der Waals surface area contributed by atoms with Crippen molar-refractivity contribution in [3.05, 3.63) is 92.9 Å². The van der Waals surface area contributed by atoms with Crippen LogP contribution in [0, 0.1) is 17.6 Å². The molecule has 20 heteroatoms. The standard InChI is InChI=1S/C35H30F7N9O3S/c1-15-16(2)34(38,39)29-26(15)28(35(40,41)42)48-51(29)12-25(52)43-22(8-17-6-19(36)9-20(37)7-17)27-21(18-4-5-24-46-47-31(53)50(24)11-18)10-23-30(44-27)45-32(55-23)49-13-33(3,54)14-49/h4-7,9-11,15-16,22,54H,8,12-14H2,1-3H3,(H,43,52)(H,47,53)/t15-,16+,22-/m0/s1. The van der Waals surface area contributed by atoms with Gasteiger partial charge in [0.15, 0.2) is 22.1 Å². The van der Waals surface area contributed by atoms with Gasteiger partial charge in [-0.25, -0.2) is 28.1 Å². The van der Waals surface area contributed by atoms with Crippen molar-refractivity contribution in [2.24, 2.45) is 5.92 Å². The molecule has 6 aromatic rings. The molecule has 6 heterocycles. The van der Waals surface area contributed by atoms with Crippen LogP contribution in [0.1, 0.15) is 60.9 Å². The van der Waals surface area contributed by atoms with Gasteiger partial charge in [0.1, 0.15) is 23.9 Å². The molecule has 1 aromatic carbocycles. The van der Waals surface area contributed by atoms with Crippen molar-refractivity contribution in [2.45, 2.75) is 63.4 Å². The normalized spacial score (nSPS) is 19.5. The van der Waals surface area contributed by atoms with Crippen molar-refractivity contribution in [3.8, 4) is 11.1 Å². The maximum atomic E-state index is 15.5. The van der Waals surface area contributed by atoms with E-state index in [2.05, 4.69) is 25.6 Å². The van der Waals surface area contributed by atoms with Crippen LogP contribution < -0.4 is 15.9 Å². The van der Waals surface area contributed by atoms with Gasteiger partial charge >= 0.3 is 11.9 Å². The molecule has 0 radical (unpaired) electrons. The molecule has 55 heavy (non-hydrogen) atoms. The van der Waals surface area contributed by atoms with Crippen LogP contribution in [0.15, 0.2) is 47.4 Å². The van der Waals surface area contributed by atoms with E-state index in [1.807, 2.05) is 4.90 Å². The molecule has 0 unspecified atom stereocenters. The van der Waals surface area contributed by atoms with Crippen LogP contribution in [-0.4, -0.2) is 64.1 Å². The second-order valence-electron chi connectivity index (χ2n) is 14.3. The number of rotatable bonds is 8. The molecule has 1 amide bonds. The minimum absolute atomic E-state index is 0.0486. The fourth-order valence-corrected chi connectivity index (χ4v) is 8.34. The van der Waals surface area contributed by atoms with E-state index in [-0.39, 0.29) is 29.0 Å². The molecule has 5 aromatic heterocycles. The van der Waals surface area contributed by atoms with E-state index in [1.165, 1.54) is 34.9 Å². The Hall–Kier alpha value is -5.37. The number of hydrogen-bond acceptors (Lipinski definition) is 9. The summed E-state index contributed by atoms with van der Waals surface area (Å²) in [4.78, 5) is 37.7. The smallest absolute Gasteiger partial charge is 0.386 e. The highest BCUT2D eigenvalue weighted by Crippen LogP contribution is 2.55. The van der Waals surface area contributed by atoms with E-state index in [9.17, 15) is 36.6 Å². The number of halogens is 7. The highest BCUT2D eigenvalue weighted by molar-refractivity contribution is 7.22. The fourth-order valence-electron chi connectivity index (χ4n) is 7.39. The third-order valence-corrected chi connectivity index (χ3v) is 11.2. The van der Waals surface area contributed by atoms with Gasteiger partial charge < -0.3 is 15.3 Å². The number of β-amino-alcohol motifs (C(OH)–C–C–N with tert-alkyl or cyclic N) is 1. The summed E-state index contributed by atoms with van der Waals surface area (Å²) >= 11 is 1.25. The number of aromatic amines is 1. The van der Waals surface area contributed by atoms with Crippen LogP contribution in [0.3, 0.4) is 0 Å². The highest BCUT2D eigenvalue weighted by Gasteiger charge is 2.57. The number of amides is 1. The summed E-state index contributed by atoms with van der Waals surface area (Å²) in [7, 11) is 0. The Bertz CT molecular complexity index is 2550. The molecular weight excluding hydrogens is 759 g/mol. The Balaban J connectivity index is 1.25. The molecule has 1 saturated heterocycles. The monoisotopic (exact) mass is 789 g/mol. The Kier molecular flexibility index (Phi) is 8.37. The largest absolute Gasteiger partial charge is 0.435 e. The minimum Gasteiger partial charge on any atom is -0.386 e. The molecule has 8 rings (SSSR count). The Labute approximate surface area is 309 Å². The summed E-state index contributed by atoms with van der Waals surface area (Å²) in [6.07, 6.45) is -3.96. The molecule has 12 nitrogen and oxygen atoms in total. The third kappa shape index (κ3) is 6.39. The van der Waals surface area contributed by atoms with Crippen molar-refractivity contribution in [3.63, 3.8) is 0 Å². The first kappa shape index (κ1) is 36.6. The summed E-state index contributed by atoms with van der Waals surface area (Å²) < 4.78 is 104. The summed E-state index contributed by atoms with van der Waals surface area (Å²) in [6.45, 7) is 3.56. The van der Waals surface area contributed by atoms with Crippen molar-refractivity contribution < 1.29 is 40.6 Å². The van der Waals surface area contributed by atoms with Crippen molar-refractivity contribution in [1.29, 1.82) is 0 Å². The van der Waals surface area contributed by atoms with Gasteiger partial charge in [-0.1, -0.05) is 25.2 Å². The van der Waals surface area contributed by atoms with E-state index in [0.717, 1.165) is 19.1 Å². The summed E-state index contributed by atoms with van der Waals surface area (Å²) in [5, 5.41) is 23.2. The number of anilines is 1. The maximum absolute atomic E-state index is 15.5. The quantitative estimate of drug-likeness (QED) is 0.167. The van der Waals surface area contributed by atoms with Crippen LogP contribution in [0.5, 0.6) is 0 Å². The molecule has 1 fully saturated rings. The number of nitrogens with one attached hydrogen (secondary N) is 2. The third-order valence-electron chi connectivity index (χ3n) is 10.1. The molecular formula is C35H30F7N9O3S. The van der Waals surface area contributed by atoms with Gasteiger partial charge in [-0.15, -0.1) is 0 Å². The number of benzene rings is 1. The van der Waals surface area contributed by atoms with Gasteiger partial charge in [0.25, 0.3) is 5.92 Å². The molecule has 1 aliphatic carbocycles. The van der Waals surface area contributed by atoms with Crippen LogP contribution in [0.2, 0.25) is 0 Å². The number of nitrogens with zero attached hydrogens (tertiary/aromatic N) is 7. The number of hydrogen-bond donors (Lipinski definition) is 3. The first-order valence-corrected chi connectivity index (χ1v) is 17.8. The van der Waals surface area contributed by atoms with E-state index >= 15 is 8.78 Å². The number of alkyl halides is 5. The van der Waals surface area contributed by atoms with Gasteiger partial charge in [-0.05, 0) is 55.2 Å². The van der Waals surface area contributed by atoms with Crippen LogP contribution >= 0.6 is 11.3 Å². The second kappa shape index (κ2) is 12.6. The van der Waals surface area contributed by atoms with Crippen LogP contribution in [0.4, 0.5) is 35.9 Å². The number of thiazole rings is 1. The molecule has 2 aliphatic rings. The van der Waals surface area contributed by atoms with Crippen molar-refractivity contribution in [2.75, 3.05) is 18.0 Å². The summed E-state index contributed by atoms with van der Waals surface area (Å²) in [5.41, 5.74) is -3.42. The molecule has 1 aliphatic heterocycles. The predicted octanol–water partition coefficient (Wildman–Crippen LogP) is 5.70. The average molecular weight is 790 g/mol. The van der Waals surface area contributed by atoms with Gasteiger partial charge in [-0.2, -0.15) is 37.1 Å². The van der Waals surface area contributed by atoms with Crippen LogP contribution in [-0.2, 0) is 29.9 Å². The lowest BCUT2D eigenvalue weighted by Gasteiger charge is -2.43. The predicted molar refractivity (Wildman–Crippen MR) is 185 cm³/mol. The fraction of sp³-hybridized carbons (Fsp3) is 0.371. The Morgan fingerprint density at radius 2 is 1.82 bits per heavy atom. The number of pyridine rings is 2. The zero-order chi connectivity index (χ0) is 39.4. The number of H-pyrrole nitrogens is 1. The zero-order valence-corrected chi connectivity index (χ0v) is 29.9. The maximum Gasteiger partial charge on any atom is 0.435 e. The molecule has 288 valence electrons. The summed E-state index contributed by atoms with van der Waals surface area (Å²) in [5.74, 6) is -9.41. The highest BCUT2D eigenvalue weighted by atomic mass is 32.1. The second-order valence-corrected chi connectivity index (χ2v) is 15.3. The van der Waals surface area contributed by atoms with E-state index in [1.54, 1.807) is 19.1 Å². The van der Waals surface area contributed by atoms with E-state index < -0.39 is 82.3 Å². The zero-order valence-electron chi connectivity index (χ0n) is 29.1. The molecule has 0 saturated carbocycles. The van der Waals surface area contributed by atoms with E-state index in [0.29, 0.717) is 44.8 Å². The van der Waals surface area contributed by atoms with E-state index in [4.69, 9.17) is 4.98 Å². The molecule has 0 bridgehead atoms. The molecule has 3 N–H and O–H groups in total. The minimum atomic E-state index is -5.09. The number of carbonyl (C=O) groups is 1. The van der Waals surface area contributed by atoms with Gasteiger partial charge in [-0.3, -0.25) is 9.48 Å². The SMILES string of the molecule is C[C@@H]1c2c(C(F)(F)F)nn(CC(=O)N[C@@H](Cc3cc(F)cc(F)c3)c3nc4nc(N5CC(C)(O)C5)sc4cc3-c3ccc4n[nH]c(=O)n4c3)c2C(F)(F)[C@@H]1C. The lowest BCUT2D eigenvalue weighted by Crippen LogP contribution is -2.60. The first-order chi connectivity index (χ1) is 25.8. The van der Waals surface area contributed by atoms with Crippen molar-refractivity contribution in [1.82, 2.24) is 39.7 Å². The number of aliphatic hydroxyl groups is 1. The lowest BCUT2D eigenvalue weighted by atomic mass is 9.94. The van der Waals surface area contributed by atoms with Gasteiger partial charge in [0.05, 0.1) is 35.1 Å². The van der Waals surface area contributed by atoms with Gasteiger partial charge in [0.2, 0.25) is 5.91 Å². The number of aromatic nitrogens is 7. The topological polar surface area (TPSA) is 146 Å².